The van der Waals surface area contributed by atoms with Gasteiger partial charge in [-0.25, -0.2) is 4.98 Å². The molecule has 1 heterocycles. The number of nitrogens with one attached hydrogen (secondary N) is 2. The van der Waals surface area contributed by atoms with Gasteiger partial charge in [-0.1, -0.05) is 12.8 Å². The van der Waals surface area contributed by atoms with Gasteiger partial charge in [0.25, 0.3) is 0 Å². The van der Waals surface area contributed by atoms with Crippen molar-refractivity contribution < 1.29 is 9.90 Å². The van der Waals surface area contributed by atoms with E-state index in [0.717, 1.165) is 18.5 Å². The van der Waals surface area contributed by atoms with Crippen molar-refractivity contribution in [1.29, 1.82) is 0 Å². The highest BCUT2D eigenvalue weighted by atomic mass is 32.1. The molecule has 1 saturated carbocycles. The van der Waals surface area contributed by atoms with E-state index in [1.807, 2.05) is 5.38 Å². The zero-order valence-corrected chi connectivity index (χ0v) is 11.3. The molecular weight excluding hydrogens is 250 g/mol. The van der Waals surface area contributed by atoms with E-state index in [4.69, 9.17) is 0 Å². The van der Waals surface area contributed by atoms with E-state index in [0.29, 0.717) is 11.7 Å². The van der Waals surface area contributed by atoms with Gasteiger partial charge >= 0.3 is 0 Å². The molecule has 0 saturated heterocycles. The number of aromatic nitrogens is 1. The van der Waals surface area contributed by atoms with Gasteiger partial charge in [0.15, 0.2) is 5.13 Å². The average Bonchev–Trinajstić information content (AvgIpc) is 2.95. The average molecular weight is 269 g/mol. The van der Waals surface area contributed by atoms with E-state index in [2.05, 4.69) is 15.6 Å². The van der Waals surface area contributed by atoms with E-state index in [9.17, 15) is 9.90 Å². The Kier molecular flexibility index (Phi) is 4.31. The molecule has 0 atom stereocenters. The molecule has 2 rings (SSSR count). The summed E-state index contributed by atoms with van der Waals surface area (Å²) in [5, 5.41) is 18.1. The Bertz CT molecular complexity index is 413. The first-order valence-corrected chi connectivity index (χ1v) is 7.09. The molecule has 1 aliphatic rings. The van der Waals surface area contributed by atoms with Crippen LogP contribution in [0.3, 0.4) is 0 Å². The third kappa shape index (κ3) is 3.28. The van der Waals surface area contributed by atoms with Crippen LogP contribution in [0.25, 0.3) is 0 Å². The Morgan fingerprint density at radius 3 is 2.89 bits per heavy atom. The zero-order valence-electron chi connectivity index (χ0n) is 10.5. The minimum atomic E-state index is -0.127. The highest BCUT2D eigenvalue weighted by Gasteiger charge is 2.32. The predicted octanol–water partition coefficient (Wildman–Crippen LogP) is 1.50. The number of carbonyl (C=O) groups excluding carboxylic acids is 1. The summed E-state index contributed by atoms with van der Waals surface area (Å²) in [5.74, 6) is -0.105. The van der Waals surface area contributed by atoms with Crippen LogP contribution in [0.2, 0.25) is 0 Å². The standard InChI is InChI=1S/C12H19N3O2S/c1-9(17)14-11-15-10(7-18-11)6-13-12(8-16)4-2-3-5-12/h7,13,16H,2-6,8H2,1H3,(H,14,15,17). The second kappa shape index (κ2) is 5.77. The van der Waals surface area contributed by atoms with Crippen LogP contribution in [0, 0.1) is 0 Å². The lowest BCUT2D eigenvalue weighted by Gasteiger charge is -2.27. The van der Waals surface area contributed by atoms with Crippen molar-refractivity contribution in [2.75, 3.05) is 11.9 Å². The summed E-state index contributed by atoms with van der Waals surface area (Å²) in [6.07, 6.45) is 4.38. The van der Waals surface area contributed by atoms with Gasteiger partial charge in [0.05, 0.1) is 12.3 Å². The molecule has 5 nitrogen and oxygen atoms in total. The Hall–Kier alpha value is -0.980. The molecule has 0 aromatic carbocycles. The summed E-state index contributed by atoms with van der Waals surface area (Å²) in [7, 11) is 0. The number of aliphatic hydroxyl groups excluding tert-OH is 1. The molecule has 6 heteroatoms. The minimum absolute atomic E-state index is 0.105. The number of hydrogen-bond donors (Lipinski definition) is 3. The van der Waals surface area contributed by atoms with Gasteiger partial charge in [-0.2, -0.15) is 0 Å². The first-order chi connectivity index (χ1) is 8.63. The van der Waals surface area contributed by atoms with Crippen molar-refractivity contribution in [1.82, 2.24) is 10.3 Å². The van der Waals surface area contributed by atoms with E-state index < -0.39 is 0 Å². The van der Waals surface area contributed by atoms with Crippen molar-refractivity contribution in [3.63, 3.8) is 0 Å². The first-order valence-electron chi connectivity index (χ1n) is 6.21. The second-order valence-electron chi connectivity index (χ2n) is 4.82. The molecule has 0 aliphatic heterocycles. The second-order valence-corrected chi connectivity index (χ2v) is 5.68. The number of amides is 1. The van der Waals surface area contributed by atoms with Gasteiger partial charge in [0, 0.05) is 24.4 Å². The van der Waals surface area contributed by atoms with E-state index in [-0.39, 0.29) is 18.1 Å². The molecule has 3 N–H and O–H groups in total. The Balaban J connectivity index is 1.89. The molecular formula is C12H19N3O2S. The maximum Gasteiger partial charge on any atom is 0.223 e. The molecule has 0 bridgehead atoms. The van der Waals surface area contributed by atoms with Crippen LogP contribution in [0.15, 0.2) is 5.38 Å². The maximum atomic E-state index is 10.9. The smallest absolute Gasteiger partial charge is 0.223 e. The number of carbonyl (C=O) groups is 1. The highest BCUT2D eigenvalue weighted by Crippen LogP contribution is 2.29. The van der Waals surface area contributed by atoms with Crippen LogP contribution in [0.4, 0.5) is 5.13 Å². The predicted molar refractivity (Wildman–Crippen MR) is 71.5 cm³/mol. The molecule has 1 aromatic heterocycles. The van der Waals surface area contributed by atoms with Gasteiger partial charge in [-0.3, -0.25) is 4.79 Å². The van der Waals surface area contributed by atoms with Crippen molar-refractivity contribution in [3.05, 3.63) is 11.1 Å². The maximum absolute atomic E-state index is 10.9. The third-order valence-electron chi connectivity index (χ3n) is 3.34. The quantitative estimate of drug-likeness (QED) is 0.757. The lowest BCUT2D eigenvalue weighted by atomic mass is 9.99. The summed E-state index contributed by atoms with van der Waals surface area (Å²) in [6, 6.07) is 0. The first kappa shape index (κ1) is 13.5. The highest BCUT2D eigenvalue weighted by molar-refractivity contribution is 7.13. The fraction of sp³-hybridized carbons (Fsp3) is 0.667. The van der Waals surface area contributed by atoms with Crippen LogP contribution < -0.4 is 10.6 Å². The number of nitrogens with zero attached hydrogens (tertiary/aromatic N) is 1. The van der Waals surface area contributed by atoms with E-state index >= 15 is 0 Å². The topological polar surface area (TPSA) is 74.2 Å². The number of hydrogen-bond acceptors (Lipinski definition) is 5. The Morgan fingerprint density at radius 2 is 2.28 bits per heavy atom. The Labute approximate surface area is 111 Å². The van der Waals surface area contributed by atoms with Gasteiger partial charge < -0.3 is 15.7 Å². The lowest BCUT2D eigenvalue weighted by Crippen LogP contribution is -2.45. The summed E-state index contributed by atoms with van der Waals surface area (Å²) < 4.78 is 0. The van der Waals surface area contributed by atoms with Gasteiger partial charge in [-0.15, -0.1) is 11.3 Å². The molecule has 18 heavy (non-hydrogen) atoms. The number of rotatable bonds is 5. The van der Waals surface area contributed by atoms with Crippen LogP contribution in [-0.4, -0.2) is 28.1 Å². The summed E-state index contributed by atoms with van der Waals surface area (Å²) in [5.41, 5.74) is 0.779. The Morgan fingerprint density at radius 1 is 1.56 bits per heavy atom. The molecule has 1 amide bonds. The van der Waals surface area contributed by atoms with Crippen molar-refractivity contribution in [2.45, 2.75) is 44.7 Å². The molecule has 1 fully saturated rings. The monoisotopic (exact) mass is 269 g/mol. The van der Waals surface area contributed by atoms with E-state index in [1.54, 1.807) is 0 Å². The fourth-order valence-corrected chi connectivity index (χ4v) is 3.07. The lowest BCUT2D eigenvalue weighted by molar-refractivity contribution is -0.114. The van der Waals surface area contributed by atoms with Crippen LogP contribution in [0.5, 0.6) is 0 Å². The molecule has 0 unspecified atom stereocenters. The fourth-order valence-electron chi connectivity index (χ4n) is 2.32. The van der Waals surface area contributed by atoms with Crippen molar-refractivity contribution in [2.24, 2.45) is 0 Å². The SMILES string of the molecule is CC(=O)Nc1nc(CNC2(CO)CCCC2)cs1. The van der Waals surface area contributed by atoms with Gasteiger partial charge in [0.2, 0.25) is 5.91 Å². The number of aliphatic hydroxyl groups is 1. The third-order valence-corrected chi connectivity index (χ3v) is 4.15. The zero-order chi connectivity index (χ0) is 13.0. The number of thiazole rings is 1. The van der Waals surface area contributed by atoms with Gasteiger partial charge in [-0.05, 0) is 12.8 Å². The van der Waals surface area contributed by atoms with E-state index in [1.165, 1.54) is 31.1 Å². The normalized spacial score (nSPS) is 17.9. The van der Waals surface area contributed by atoms with Gasteiger partial charge in [0.1, 0.15) is 0 Å². The number of anilines is 1. The molecule has 0 radical (unpaired) electrons. The molecule has 1 aliphatic carbocycles. The van der Waals surface area contributed by atoms with Crippen LogP contribution >= 0.6 is 11.3 Å². The van der Waals surface area contributed by atoms with Crippen LogP contribution in [0.1, 0.15) is 38.3 Å². The van der Waals surface area contributed by atoms with Crippen molar-refractivity contribution >= 4 is 22.4 Å². The van der Waals surface area contributed by atoms with Crippen LogP contribution in [-0.2, 0) is 11.3 Å². The minimum Gasteiger partial charge on any atom is -0.394 e. The largest absolute Gasteiger partial charge is 0.394 e. The summed E-state index contributed by atoms with van der Waals surface area (Å²) in [4.78, 5) is 15.2. The molecule has 100 valence electrons. The summed E-state index contributed by atoms with van der Waals surface area (Å²) >= 11 is 1.42. The van der Waals surface area contributed by atoms with Crippen molar-refractivity contribution in [3.8, 4) is 0 Å². The molecule has 0 spiro atoms. The molecule has 1 aromatic rings. The summed E-state index contributed by atoms with van der Waals surface area (Å²) in [6.45, 7) is 2.28.